The van der Waals surface area contributed by atoms with Crippen LogP contribution < -0.4 is 4.90 Å². The molecule has 0 unspecified atom stereocenters. The molecular formula is C55H35F24N. The van der Waals surface area contributed by atoms with Crippen LogP contribution in [0.3, 0.4) is 0 Å². The Morgan fingerprint density at radius 2 is 0.425 bits per heavy atom. The van der Waals surface area contributed by atoms with E-state index in [0.717, 1.165) is 31.2 Å². The van der Waals surface area contributed by atoms with Gasteiger partial charge in [0.05, 0.1) is 0 Å². The average molecular weight is 1170 g/mol. The fraction of sp³-hybridized carbons (Fsp3) is 0.236. The topological polar surface area (TPSA) is 3.24 Å². The molecule has 0 aliphatic carbocycles. The van der Waals surface area contributed by atoms with Gasteiger partial charge in [-0.1, -0.05) is 153 Å². The van der Waals surface area contributed by atoms with E-state index in [4.69, 9.17) is 0 Å². The summed E-state index contributed by atoms with van der Waals surface area (Å²) in [5.74, 6) is 0. The number of halogens is 24. The van der Waals surface area contributed by atoms with Gasteiger partial charge in [0, 0.05) is 17.1 Å². The van der Waals surface area contributed by atoms with Gasteiger partial charge in [-0.05, 0) is 92.9 Å². The molecule has 0 aromatic heterocycles. The summed E-state index contributed by atoms with van der Waals surface area (Å²) in [5.41, 5.74) is -19.4. The third kappa shape index (κ3) is 11.5. The van der Waals surface area contributed by atoms with Crippen molar-refractivity contribution < 1.29 is 105 Å². The largest absolute Gasteiger partial charge is 0.416 e. The van der Waals surface area contributed by atoms with E-state index >= 15 is 0 Å². The molecular weight excluding hydrogens is 1130 g/mol. The molecule has 25 heteroatoms. The van der Waals surface area contributed by atoms with Crippen LogP contribution in [0.1, 0.15) is 63.4 Å². The van der Waals surface area contributed by atoms with Gasteiger partial charge in [-0.3, -0.25) is 0 Å². The summed E-state index contributed by atoms with van der Waals surface area (Å²) >= 11 is 0. The summed E-state index contributed by atoms with van der Waals surface area (Å²) in [6.07, 6.45) is -45.7. The molecule has 80 heavy (non-hydrogen) atoms. The van der Waals surface area contributed by atoms with Crippen molar-refractivity contribution in [3.05, 3.63) is 196 Å². The van der Waals surface area contributed by atoms with Gasteiger partial charge in [0.1, 0.15) is 0 Å². The van der Waals surface area contributed by atoms with Crippen LogP contribution >= 0.6 is 0 Å². The maximum absolute atomic E-state index is 13.9. The quantitative estimate of drug-likeness (QED) is 0.0823. The Kier molecular flexibility index (Phi) is 16.7. The highest BCUT2D eigenvalue weighted by atomic mass is 19.5. The monoisotopic (exact) mass is 1170 g/mol. The third-order valence-electron chi connectivity index (χ3n) is 13.0. The van der Waals surface area contributed by atoms with Crippen molar-refractivity contribution >= 4 is 53.5 Å². The highest BCUT2D eigenvalue weighted by Gasteiger charge is 2.85. The molecule has 0 saturated heterocycles. The van der Waals surface area contributed by atoms with Crippen LogP contribution in [0.25, 0.3) is 36.5 Å². The molecule has 0 saturated carbocycles. The van der Waals surface area contributed by atoms with Crippen LogP contribution in [0, 0.1) is 0 Å². The van der Waals surface area contributed by atoms with Gasteiger partial charge in [-0.15, -0.1) is 0 Å². The zero-order valence-corrected chi connectivity index (χ0v) is 40.0. The highest BCUT2D eigenvalue weighted by Crippen LogP contribution is 2.62. The second-order valence-electron chi connectivity index (χ2n) is 17.7. The van der Waals surface area contributed by atoms with Gasteiger partial charge in [0.15, 0.2) is 5.41 Å². The number of hydrogen-bond donors (Lipinski definition) is 0. The van der Waals surface area contributed by atoms with E-state index in [1.165, 1.54) is 85.0 Å². The molecule has 0 atom stereocenters. The number of anilines is 3. The zero-order valence-electron chi connectivity index (χ0n) is 40.0. The van der Waals surface area contributed by atoms with Crippen molar-refractivity contribution in [2.75, 3.05) is 4.90 Å². The van der Waals surface area contributed by atoms with Gasteiger partial charge in [0.25, 0.3) is 10.8 Å². The molecule has 0 aliphatic rings. The Hall–Kier alpha value is -7.34. The molecule has 6 aromatic rings. The van der Waals surface area contributed by atoms with Crippen molar-refractivity contribution in [2.24, 2.45) is 0 Å². The number of hydrogen-bond acceptors (Lipinski definition) is 1. The van der Waals surface area contributed by atoms with Gasteiger partial charge in [0.2, 0.25) is 0 Å². The minimum absolute atomic E-state index is 0.0526. The fourth-order valence-corrected chi connectivity index (χ4v) is 8.83. The summed E-state index contributed by atoms with van der Waals surface area (Å²) < 4.78 is 329. The summed E-state index contributed by atoms with van der Waals surface area (Å²) in [6.45, 7) is 0.764. The predicted molar refractivity (Wildman–Crippen MR) is 251 cm³/mol. The molecule has 0 heterocycles. The Labute approximate surface area is 437 Å². The normalized spacial score (nSPS) is 14.2. The van der Waals surface area contributed by atoms with Crippen molar-refractivity contribution in [2.45, 2.75) is 79.0 Å². The number of alkyl halides is 24. The molecule has 0 aliphatic heterocycles. The first-order chi connectivity index (χ1) is 36.7. The molecule has 0 N–H and O–H groups in total. The Morgan fingerprint density at radius 3 is 0.588 bits per heavy atom. The number of nitrogens with zero attached hydrogens (tertiary/aromatic N) is 1. The lowest BCUT2D eigenvalue weighted by Crippen LogP contribution is -2.63. The summed E-state index contributed by atoms with van der Waals surface area (Å²) in [4.78, 5) is 1.63. The van der Waals surface area contributed by atoms with Crippen LogP contribution in [-0.2, 0) is 16.2 Å². The van der Waals surface area contributed by atoms with Crippen LogP contribution in [0.4, 0.5) is 122 Å². The van der Waals surface area contributed by atoms with Crippen LogP contribution in [-0.4, -0.2) is 49.4 Å². The molecule has 6 aromatic carbocycles. The number of benzene rings is 6. The van der Waals surface area contributed by atoms with Crippen molar-refractivity contribution in [1.82, 2.24) is 0 Å². The van der Waals surface area contributed by atoms with Crippen molar-refractivity contribution in [3.63, 3.8) is 0 Å². The van der Waals surface area contributed by atoms with Gasteiger partial charge >= 0.3 is 49.4 Å². The van der Waals surface area contributed by atoms with E-state index in [1.807, 2.05) is 0 Å². The van der Waals surface area contributed by atoms with E-state index in [-0.39, 0.29) is 41.0 Å². The van der Waals surface area contributed by atoms with E-state index in [1.54, 1.807) is 29.2 Å². The Bertz CT molecular complexity index is 2890. The molecule has 0 bridgehead atoms. The predicted octanol–water partition coefficient (Wildman–Crippen LogP) is 20.3. The average Bonchev–Trinajstić information content (AvgIpc) is 3.37. The Morgan fingerprint density at radius 1 is 0.250 bits per heavy atom. The maximum Gasteiger partial charge on any atom is 0.416 e. The van der Waals surface area contributed by atoms with Gasteiger partial charge in [-0.25, -0.2) is 0 Å². The lowest BCUT2D eigenvalue weighted by atomic mass is 9.76. The lowest BCUT2D eigenvalue weighted by Gasteiger charge is -2.38. The Balaban J connectivity index is 1.31. The molecule has 1 nitrogen and oxygen atoms in total. The molecule has 0 fully saturated rings. The van der Waals surface area contributed by atoms with Gasteiger partial charge < -0.3 is 4.90 Å². The van der Waals surface area contributed by atoms with E-state index in [2.05, 4.69) is 0 Å². The molecule has 6 rings (SSSR count). The standard InChI is InChI=1S/C55H35F24N/c1-2-45(48(56,57)58,49(59,60)61)39-21-9-33(10-22-39)3-6-36-15-27-42(28-16-36)80(43-29-17-37(18-30-43)7-4-34-11-23-40(24-12-34)46(50(62,63)64,51(65,66)67)52(68,69)70)44-31-19-38(20-32-44)8-5-35-13-25-41(26-14-35)47(53(71,72)73,54(74,75)76)55(77,78)79/h3-32H,2H2,1H3/b6-3+,7-4+,8-5+. The molecule has 0 radical (unpaired) electrons. The molecule has 428 valence electrons. The van der Waals surface area contributed by atoms with Crippen molar-refractivity contribution in [3.8, 4) is 0 Å². The molecule has 0 spiro atoms. The summed E-state index contributed by atoms with van der Waals surface area (Å²) in [6, 6.07) is 24.6. The first kappa shape index (κ1) is 61.9. The SMILES string of the molecule is CCC(c1ccc(/C=C/c2ccc(N(c3ccc(/C=C/c4ccc(C(C(F)(F)F)(C(F)(F)F)C(F)(F)F)cc4)cc3)c3ccc(/C=C/c4ccc(C(C(F)(F)F)(C(F)(F)F)C(F)(F)F)cc4)cc3)cc2)cc1)(C(F)(F)F)C(F)(F)F. The number of rotatable bonds is 13. The lowest BCUT2D eigenvalue weighted by molar-refractivity contribution is -0.389. The smallest absolute Gasteiger partial charge is 0.311 e. The van der Waals surface area contributed by atoms with E-state index in [0.29, 0.717) is 58.0 Å². The first-order valence-corrected chi connectivity index (χ1v) is 22.7. The van der Waals surface area contributed by atoms with E-state index < -0.39 is 88.8 Å². The summed E-state index contributed by atoms with van der Waals surface area (Å²) in [7, 11) is 0. The molecule has 0 amide bonds. The van der Waals surface area contributed by atoms with Gasteiger partial charge in [-0.2, -0.15) is 105 Å². The fourth-order valence-electron chi connectivity index (χ4n) is 8.83. The van der Waals surface area contributed by atoms with Crippen LogP contribution in [0.2, 0.25) is 0 Å². The maximum atomic E-state index is 13.9. The van der Waals surface area contributed by atoms with Crippen LogP contribution in [0.5, 0.6) is 0 Å². The third-order valence-corrected chi connectivity index (χ3v) is 13.0. The summed E-state index contributed by atoms with van der Waals surface area (Å²) in [5, 5.41) is 0. The second kappa shape index (κ2) is 21.6. The van der Waals surface area contributed by atoms with Crippen molar-refractivity contribution in [1.29, 1.82) is 0 Å². The first-order valence-electron chi connectivity index (χ1n) is 22.7. The minimum Gasteiger partial charge on any atom is -0.311 e. The van der Waals surface area contributed by atoms with E-state index in [9.17, 15) is 105 Å². The van der Waals surface area contributed by atoms with Crippen LogP contribution in [0.15, 0.2) is 146 Å². The minimum atomic E-state index is -6.83. The zero-order chi connectivity index (χ0) is 59.9. The highest BCUT2D eigenvalue weighted by molar-refractivity contribution is 5.81. The second-order valence-corrected chi connectivity index (χ2v) is 17.7.